The molecule has 0 radical (unpaired) electrons. The first-order valence-electron chi connectivity index (χ1n) is 8.94. The van der Waals surface area contributed by atoms with Gasteiger partial charge in [-0.2, -0.15) is 11.8 Å². The molecule has 0 aromatic heterocycles. The molecule has 0 unspecified atom stereocenters. The zero-order valence-electron chi connectivity index (χ0n) is 17.2. The van der Waals surface area contributed by atoms with Crippen LogP contribution in [-0.4, -0.2) is 52.1 Å². The summed E-state index contributed by atoms with van der Waals surface area (Å²) in [4.78, 5) is 24.9. The molecule has 0 spiro atoms. The molecule has 0 aliphatic heterocycles. The molecule has 2 aromatic carbocycles. The lowest BCUT2D eigenvalue weighted by Gasteiger charge is -2.18. The van der Waals surface area contributed by atoms with E-state index in [4.69, 9.17) is 18.9 Å². The van der Waals surface area contributed by atoms with Crippen molar-refractivity contribution in [3.05, 3.63) is 53.3 Å². The predicted molar refractivity (Wildman–Crippen MR) is 112 cm³/mol. The van der Waals surface area contributed by atoms with Gasteiger partial charge in [0.05, 0.1) is 28.4 Å². The Hall–Kier alpha value is -2.94. The third kappa shape index (κ3) is 6.03. The second-order valence-electron chi connectivity index (χ2n) is 6.10. The van der Waals surface area contributed by atoms with Gasteiger partial charge in [0.1, 0.15) is 11.9 Å². The summed E-state index contributed by atoms with van der Waals surface area (Å²) in [5.74, 6) is 0.456. The smallest absolute Gasteiger partial charge is 0.329 e. The molecular weight excluding hydrogens is 413 g/mol. The molecule has 0 fully saturated rings. The molecule has 2 aromatic rings. The van der Waals surface area contributed by atoms with Crippen molar-refractivity contribution in [3.63, 3.8) is 0 Å². The largest absolute Gasteiger partial charge is 0.493 e. The summed E-state index contributed by atoms with van der Waals surface area (Å²) in [6.07, 6.45) is 0. The average Bonchev–Trinajstić information content (AvgIpc) is 2.77. The van der Waals surface area contributed by atoms with Crippen molar-refractivity contribution < 1.29 is 32.9 Å². The maximum atomic E-state index is 13.0. The number of halogens is 1. The van der Waals surface area contributed by atoms with Crippen LogP contribution in [0.4, 0.5) is 4.39 Å². The van der Waals surface area contributed by atoms with E-state index in [-0.39, 0.29) is 17.1 Å². The monoisotopic (exact) mass is 437 g/mol. The number of nitrogens with one attached hydrogen (secondary N) is 1. The second kappa shape index (κ2) is 11.3. The first-order valence-corrected chi connectivity index (χ1v) is 10.1. The zero-order valence-corrected chi connectivity index (χ0v) is 18.0. The van der Waals surface area contributed by atoms with Crippen LogP contribution >= 0.6 is 11.8 Å². The van der Waals surface area contributed by atoms with Gasteiger partial charge in [0.25, 0.3) is 5.91 Å². The second-order valence-corrected chi connectivity index (χ2v) is 7.14. The number of thioether (sulfide) groups is 1. The molecule has 0 saturated heterocycles. The molecule has 0 aliphatic rings. The van der Waals surface area contributed by atoms with E-state index < -0.39 is 17.9 Å². The van der Waals surface area contributed by atoms with Crippen LogP contribution in [0.5, 0.6) is 17.2 Å². The Balaban J connectivity index is 2.11. The van der Waals surface area contributed by atoms with Crippen molar-refractivity contribution in [2.45, 2.75) is 11.8 Å². The van der Waals surface area contributed by atoms with Crippen molar-refractivity contribution in [3.8, 4) is 17.2 Å². The van der Waals surface area contributed by atoms with Crippen molar-refractivity contribution in [1.82, 2.24) is 5.32 Å². The minimum atomic E-state index is -0.868. The van der Waals surface area contributed by atoms with Crippen LogP contribution in [0.3, 0.4) is 0 Å². The quantitative estimate of drug-likeness (QED) is 0.572. The van der Waals surface area contributed by atoms with Crippen LogP contribution < -0.4 is 19.5 Å². The fourth-order valence-electron chi connectivity index (χ4n) is 2.64. The van der Waals surface area contributed by atoms with Gasteiger partial charge < -0.3 is 24.3 Å². The standard InChI is InChI=1S/C21H24FNO6S/c1-26-17-9-14(10-18(27-2)19(17)28-3)20(24)23-16(21(25)29-4)12-30-11-13-5-7-15(22)8-6-13/h5-10,16H,11-12H2,1-4H3,(H,23,24)/t16-/m0/s1. The van der Waals surface area contributed by atoms with E-state index in [9.17, 15) is 14.0 Å². The fourth-order valence-corrected chi connectivity index (χ4v) is 3.64. The lowest BCUT2D eigenvalue weighted by atomic mass is 10.1. The van der Waals surface area contributed by atoms with Crippen LogP contribution in [0.15, 0.2) is 36.4 Å². The van der Waals surface area contributed by atoms with Crippen LogP contribution in [0.25, 0.3) is 0 Å². The average molecular weight is 437 g/mol. The van der Waals surface area contributed by atoms with E-state index >= 15 is 0 Å². The van der Waals surface area contributed by atoms with E-state index in [1.165, 1.54) is 64.5 Å². The summed E-state index contributed by atoms with van der Waals surface area (Å²) in [7, 11) is 5.61. The summed E-state index contributed by atoms with van der Waals surface area (Å²) in [5, 5.41) is 2.67. The molecule has 0 saturated carbocycles. The first kappa shape index (κ1) is 23.3. The predicted octanol–water partition coefficient (Wildman–Crippen LogP) is 3.06. The van der Waals surface area contributed by atoms with Crippen molar-refractivity contribution in [1.29, 1.82) is 0 Å². The van der Waals surface area contributed by atoms with Crippen LogP contribution in [0, 0.1) is 5.82 Å². The minimum absolute atomic E-state index is 0.238. The molecule has 1 N–H and O–H groups in total. The van der Waals surface area contributed by atoms with Gasteiger partial charge in [0.2, 0.25) is 5.75 Å². The summed E-state index contributed by atoms with van der Waals surface area (Å²) < 4.78 is 33.6. The Morgan fingerprint density at radius 1 is 1.00 bits per heavy atom. The third-order valence-electron chi connectivity index (χ3n) is 4.18. The van der Waals surface area contributed by atoms with E-state index in [0.29, 0.717) is 23.0 Å². The number of methoxy groups -OCH3 is 4. The molecule has 0 heterocycles. The molecule has 1 atom stereocenters. The minimum Gasteiger partial charge on any atom is -0.493 e. The maximum Gasteiger partial charge on any atom is 0.329 e. The highest BCUT2D eigenvalue weighted by atomic mass is 32.2. The molecule has 1 amide bonds. The highest BCUT2D eigenvalue weighted by Gasteiger charge is 2.24. The summed E-state index contributed by atoms with van der Waals surface area (Å²) in [6, 6.07) is 8.22. The van der Waals surface area contributed by atoms with Gasteiger partial charge in [0, 0.05) is 17.1 Å². The highest BCUT2D eigenvalue weighted by Crippen LogP contribution is 2.38. The van der Waals surface area contributed by atoms with Gasteiger partial charge in [-0.1, -0.05) is 12.1 Å². The molecule has 30 heavy (non-hydrogen) atoms. The van der Waals surface area contributed by atoms with E-state index in [0.717, 1.165) is 5.56 Å². The number of amides is 1. The van der Waals surface area contributed by atoms with Crippen LogP contribution in [-0.2, 0) is 15.3 Å². The maximum absolute atomic E-state index is 13.0. The van der Waals surface area contributed by atoms with Gasteiger partial charge >= 0.3 is 5.97 Å². The van der Waals surface area contributed by atoms with Gasteiger partial charge in [-0.15, -0.1) is 0 Å². The third-order valence-corrected chi connectivity index (χ3v) is 5.29. The van der Waals surface area contributed by atoms with Crippen LogP contribution in [0.1, 0.15) is 15.9 Å². The molecular formula is C21H24FNO6S. The van der Waals surface area contributed by atoms with Gasteiger partial charge in [-0.25, -0.2) is 9.18 Å². The van der Waals surface area contributed by atoms with E-state index in [1.54, 1.807) is 12.1 Å². The summed E-state index contributed by atoms with van der Waals surface area (Å²) in [6.45, 7) is 0. The Kier molecular flexibility index (Phi) is 8.79. The highest BCUT2D eigenvalue weighted by molar-refractivity contribution is 7.98. The number of benzene rings is 2. The number of ether oxygens (including phenoxy) is 4. The van der Waals surface area contributed by atoms with Gasteiger partial charge in [0.15, 0.2) is 11.5 Å². The lowest BCUT2D eigenvalue weighted by molar-refractivity contribution is -0.142. The first-order chi connectivity index (χ1) is 14.4. The Bertz CT molecular complexity index is 849. The topological polar surface area (TPSA) is 83.1 Å². The molecule has 0 bridgehead atoms. The Morgan fingerprint density at radius 3 is 2.10 bits per heavy atom. The van der Waals surface area contributed by atoms with Gasteiger partial charge in [-0.3, -0.25) is 4.79 Å². The molecule has 9 heteroatoms. The number of carbonyl (C=O) groups excluding carboxylic acids is 2. The Labute approximate surface area is 178 Å². The summed E-state index contributed by atoms with van der Waals surface area (Å²) >= 11 is 1.42. The van der Waals surface area contributed by atoms with Gasteiger partial charge in [-0.05, 0) is 29.8 Å². The fraction of sp³-hybridized carbons (Fsp3) is 0.333. The van der Waals surface area contributed by atoms with Crippen LogP contribution in [0.2, 0.25) is 0 Å². The molecule has 7 nitrogen and oxygen atoms in total. The van der Waals surface area contributed by atoms with E-state index in [1.807, 2.05) is 0 Å². The molecule has 0 aliphatic carbocycles. The number of hydrogen-bond donors (Lipinski definition) is 1. The van der Waals surface area contributed by atoms with E-state index in [2.05, 4.69) is 5.32 Å². The lowest BCUT2D eigenvalue weighted by Crippen LogP contribution is -2.43. The zero-order chi connectivity index (χ0) is 22.1. The Morgan fingerprint density at radius 2 is 1.60 bits per heavy atom. The van der Waals surface area contributed by atoms with Crippen molar-refractivity contribution in [2.75, 3.05) is 34.2 Å². The number of rotatable bonds is 10. The normalized spacial score (nSPS) is 11.4. The summed E-state index contributed by atoms with van der Waals surface area (Å²) in [5.41, 5.74) is 1.14. The number of hydrogen-bond acceptors (Lipinski definition) is 7. The van der Waals surface area contributed by atoms with Crippen molar-refractivity contribution in [2.24, 2.45) is 0 Å². The van der Waals surface area contributed by atoms with Crippen molar-refractivity contribution >= 4 is 23.6 Å². The SMILES string of the molecule is COC(=O)[C@H](CSCc1ccc(F)cc1)NC(=O)c1cc(OC)c(OC)c(OC)c1. The molecule has 2 rings (SSSR count). The number of carbonyl (C=O) groups is 2. The number of esters is 1. The molecule has 162 valence electrons.